The summed E-state index contributed by atoms with van der Waals surface area (Å²) in [6.07, 6.45) is 2.97. The number of aryl methyl sites for hydroxylation is 2. The van der Waals surface area contributed by atoms with Crippen LogP contribution in [0.4, 0.5) is 0 Å². The Hall–Kier alpha value is -5.82. The SMILES string of the molecule is COc1cccc([C@@H](C)S(=O)(=O)Cc2nnc([C@@H]3CCCO3)n2-c2c(C)cccc2OC)c1.COc1cccc([C@@H](C)S(=O)(=O)Cc2nnc([C@H]3CCCO3)n2-c2c(C)cccc2OC)c1. The third kappa shape index (κ3) is 10.3. The summed E-state index contributed by atoms with van der Waals surface area (Å²) in [5.41, 5.74) is 4.63. The Labute approximate surface area is 387 Å². The van der Waals surface area contributed by atoms with Crippen molar-refractivity contribution in [2.45, 2.75) is 87.6 Å². The smallest absolute Gasteiger partial charge is 0.167 e. The second-order valence-corrected chi connectivity index (χ2v) is 21.0. The summed E-state index contributed by atoms with van der Waals surface area (Å²) in [7, 11) is -0.947. The minimum Gasteiger partial charge on any atom is -0.497 e. The number of methoxy groups -OCH3 is 4. The van der Waals surface area contributed by atoms with Crippen LogP contribution in [0, 0.1) is 13.8 Å². The molecule has 4 heterocycles. The second-order valence-electron chi connectivity index (χ2n) is 16.3. The molecule has 0 spiro atoms. The van der Waals surface area contributed by atoms with E-state index < -0.39 is 30.2 Å². The minimum atomic E-state index is -3.62. The molecule has 2 saturated heterocycles. The molecule has 0 radical (unpaired) electrons. The van der Waals surface area contributed by atoms with Gasteiger partial charge >= 0.3 is 0 Å². The maximum Gasteiger partial charge on any atom is 0.167 e. The molecule has 0 bridgehead atoms. The third-order valence-electron chi connectivity index (χ3n) is 12.1. The van der Waals surface area contributed by atoms with Crippen molar-refractivity contribution in [3.8, 4) is 34.4 Å². The molecule has 4 atom stereocenters. The van der Waals surface area contributed by atoms with Gasteiger partial charge in [0.25, 0.3) is 0 Å². The first-order chi connectivity index (χ1) is 31.7. The number of benzene rings is 4. The largest absolute Gasteiger partial charge is 0.497 e. The summed E-state index contributed by atoms with van der Waals surface area (Å²) < 4.78 is 91.0. The van der Waals surface area contributed by atoms with Crippen molar-refractivity contribution in [2.75, 3.05) is 41.7 Å². The zero-order chi connectivity index (χ0) is 47.2. The van der Waals surface area contributed by atoms with Gasteiger partial charge in [-0.3, -0.25) is 9.13 Å². The lowest BCUT2D eigenvalue weighted by atomic mass is 10.1. The van der Waals surface area contributed by atoms with Gasteiger partial charge in [0.1, 0.15) is 46.7 Å². The molecule has 8 rings (SSSR count). The molecule has 18 heteroatoms. The van der Waals surface area contributed by atoms with Crippen molar-refractivity contribution in [2.24, 2.45) is 0 Å². The summed E-state index contributed by atoms with van der Waals surface area (Å²) in [6.45, 7) is 8.55. The van der Waals surface area contributed by atoms with E-state index in [9.17, 15) is 16.8 Å². The Kier molecular flexibility index (Phi) is 15.2. The Balaban J connectivity index is 0.000000196. The van der Waals surface area contributed by atoms with E-state index in [0.29, 0.717) is 70.6 Å². The number of hydrogen-bond donors (Lipinski definition) is 0. The van der Waals surface area contributed by atoms with Crippen molar-refractivity contribution in [3.05, 3.63) is 130 Å². The molecular weight excluding hydrogens is 885 g/mol. The maximum atomic E-state index is 13.5. The highest BCUT2D eigenvalue weighted by Gasteiger charge is 2.34. The summed E-state index contributed by atoms with van der Waals surface area (Å²) in [5.74, 6) is 3.78. The zero-order valence-corrected chi connectivity index (χ0v) is 40.3. The summed E-state index contributed by atoms with van der Waals surface area (Å²) in [4.78, 5) is 0. The summed E-state index contributed by atoms with van der Waals surface area (Å²) >= 11 is 0. The van der Waals surface area contributed by atoms with Gasteiger partial charge in [-0.2, -0.15) is 0 Å². The van der Waals surface area contributed by atoms with E-state index in [1.165, 1.54) is 0 Å². The van der Waals surface area contributed by atoms with Crippen LogP contribution in [-0.4, -0.2) is 88.0 Å². The van der Waals surface area contributed by atoms with Gasteiger partial charge in [-0.25, -0.2) is 16.8 Å². The molecule has 2 fully saturated rings. The Bertz CT molecular complexity index is 2660. The molecule has 0 N–H and O–H groups in total. The third-order valence-corrected chi connectivity index (χ3v) is 16.1. The fourth-order valence-corrected chi connectivity index (χ4v) is 11.0. The molecule has 0 unspecified atom stereocenters. The van der Waals surface area contributed by atoms with E-state index in [1.807, 2.05) is 50.2 Å². The van der Waals surface area contributed by atoms with Crippen molar-refractivity contribution in [1.29, 1.82) is 0 Å². The fraction of sp³-hybridized carbons (Fsp3) is 0.417. The van der Waals surface area contributed by atoms with Crippen LogP contribution in [0.15, 0.2) is 84.9 Å². The first kappa shape index (κ1) is 48.1. The highest BCUT2D eigenvalue weighted by Crippen LogP contribution is 2.38. The fourth-order valence-electron chi connectivity index (χ4n) is 8.29. The molecule has 2 aromatic heterocycles. The number of sulfone groups is 2. The summed E-state index contributed by atoms with van der Waals surface area (Å²) in [6, 6.07) is 25.6. The molecule has 4 aromatic carbocycles. The van der Waals surface area contributed by atoms with Crippen LogP contribution in [0.2, 0.25) is 0 Å². The summed E-state index contributed by atoms with van der Waals surface area (Å²) in [5, 5.41) is 15.9. The van der Waals surface area contributed by atoms with Crippen molar-refractivity contribution >= 4 is 19.7 Å². The van der Waals surface area contributed by atoms with Crippen molar-refractivity contribution < 1.29 is 45.3 Å². The monoisotopic (exact) mass is 942 g/mol. The highest BCUT2D eigenvalue weighted by atomic mass is 32.2. The quantitative estimate of drug-likeness (QED) is 0.0903. The van der Waals surface area contributed by atoms with Crippen LogP contribution in [0.25, 0.3) is 11.4 Å². The predicted octanol–water partition coefficient (Wildman–Crippen LogP) is 8.24. The van der Waals surface area contributed by atoms with E-state index in [1.54, 1.807) is 100.0 Å². The van der Waals surface area contributed by atoms with Crippen LogP contribution in [0.5, 0.6) is 23.0 Å². The van der Waals surface area contributed by atoms with Gasteiger partial charge in [0, 0.05) is 13.2 Å². The van der Waals surface area contributed by atoms with Gasteiger partial charge < -0.3 is 28.4 Å². The van der Waals surface area contributed by atoms with E-state index in [-0.39, 0.29) is 23.7 Å². The average Bonchev–Trinajstić information content (AvgIpc) is 4.18. The Morgan fingerprint density at radius 3 is 1.32 bits per heavy atom. The Morgan fingerprint density at radius 1 is 0.576 bits per heavy atom. The van der Waals surface area contributed by atoms with E-state index in [4.69, 9.17) is 28.4 Å². The predicted molar refractivity (Wildman–Crippen MR) is 249 cm³/mol. The first-order valence-corrected chi connectivity index (χ1v) is 25.2. The van der Waals surface area contributed by atoms with Gasteiger partial charge in [-0.05, 0) is 112 Å². The standard InChI is InChI=1S/2C24H29N3O5S/c2*1-16-8-5-11-20(31-4)23(16)27-22(25-26-24(27)21-12-7-13-32-21)15-33(28,29)17(2)18-9-6-10-19(14-18)30-3/h2*5-6,8-11,14,17,21H,7,12-13,15H2,1-4H3/t17-,21+;17-,21-/m11/s1. The highest BCUT2D eigenvalue weighted by molar-refractivity contribution is 7.91. The molecule has 2 aliphatic heterocycles. The van der Waals surface area contributed by atoms with Crippen LogP contribution >= 0.6 is 0 Å². The topological polar surface area (TPSA) is 185 Å². The zero-order valence-electron chi connectivity index (χ0n) is 38.6. The normalized spacial score (nSPS) is 17.2. The van der Waals surface area contributed by atoms with E-state index in [0.717, 1.165) is 48.2 Å². The Morgan fingerprint density at radius 2 is 0.970 bits per heavy atom. The van der Waals surface area contributed by atoms with Crippen LogP contribution in [0.3, 0.4) is 0 Å². The average molecular weight is 943 g/mol. The van der Waals surface area contributed by atoms with Crippen LogP contribution < -0.4 is 18.9 Å². The molecule has 0 aliphatic carbocycles. The molecular formula is C48H58N6O10S2. The lowest BCUT2D eigenvalue weighted by molar-refractivity contribution is 0.103. The van der Waals surface area contributed by atoms with Crippen LogP contribution in [0.1, 0.15) is 108 Å². The van der Waals surface area contributed by atoms with Gasteiger partial charge in [0.15, 0.2) is 43.0 Å². The van der Waals surface area contributed by atoms with E-state index >= 15 is 0 Å². The number of hydrogen-bond acceptors (Lipinski definition) is 14. The molecule has 2 aliphatic rings. The van der Waals surface area contributed by atoms with Gasteiger partial charge in [-0.1, -0.05) is 48.5 Å². The number of aromatic nitrogens is 6. The molecule has 16 nitrogen and oxygen atoms in total. The number of ether oxygens (including phenoxy) is 6. The van der Waals surface area contributed by atoms with Gasteiger partial charge in [0.05, 0.1) is 50.3 Å². The lowest BCUT2D eigenvalue weighted by Gasteiger charge is -2.19. The number of para-hydroxylation sites is 2. The number of rotatable bonds is 16. The van der Waals surface area contributed by atoms with Crippen molar-refractivity contribution in [1.82, 2.24) is 29.5 Å². The second kappa shape index (κ2) is 20.8. The molecule has 0 saturated carbocycles. The van der Waals surface area contributed by atoms with Crippen molar-refractivity contribution in [3.63, 3.8) is 0 Å². The maximum absolute atomic E-state index is 13.5. The molecule has 6 aromatic rings. The minimum absolute atomic E-state index is 0.242. The van der Waals surface area contributed by atoms with Crippen LogP contribution in [-0.2, 0) is 40.7 Å². The lowest BCUT2D eigenvalue weighted by Crippen LogP contribution is -2.18. The van der Waals surface area contributed by atoms with Gasteiger partial charge in [0.2, 0.25) is 0 Å². The first-order valence-electron chi connectivity index (χ1n) is 21.8. The molecule has 66 heavy (non-hydrogen) atoms. The van der Waals surface area contributed by atoms with Gasteiger partial charge in [-0.15, -0.1) is 20.4 Å². The number of nitrogens with zero attached hydrogens (tertiary/aromatic N) is 6. The molecule has 352 valence electrons. The molecule has 0 amide bonds. The van der Waals surface area contributed by atoms with E-state index in [2.05, 4.69) is 20.4 Å².